The molecular formula is C14H20O3. The van der Waals surface area contributed by atoms with Crippen LogP contribution in [0.2, 0.25) is 0 Å². The lowest BCUT2D eigenvalue weighted by molar-refractivity contribution is 0.0208. The molecule has 1 aromatic rings. The quantitative estimate of drug-likeness (QED) is 0.824. The second-order valence-corrected chi connectivity index (χ2v) is 4.86. The molecule has 17 heavy (non-hydrogen) atoms. The van der Waals surface area contributed by atoms with Gasteiger partial charge in [0.1, 0.15) is 5.75 Å². The van der Waals surface area contributed by atoms with Gasteiger partial charge in [0.2, 0.25) is 0 Å². The third kappa shape index (κ3) is 3.45. The van der Waals surface area contributed by atoms with Crippen LogP contribution in [0, 0.1) is 0 Å². The van der Waals surface area contributed by atoms with Crippen LogP contribution < -0.4 is 4.74 Å². The lowest BCUT2D eigenvalue weighted by Gasteiger charge is -2.24. The van der Waals surface area contributed by atoms with Crippen LogP contribution in [0.15, 0.2) is 24.3 Å². The molecule has 0 saturated heterocycles. The van der Waals surface area contributed by atoms with E-state index in [1.54, 1.807) is 7.11 Å². The Hall–Kier alpha value is -1.06. The van der Waals surface area contributed by atoms with Crippen molar-refractivity contribution in [2.24, 2.45) is 0 Å². The van der Waals surface area contributed by atoms with Gasteiger partial charge in [-0.1, -0.05) is 12.1 Å². The van der Waals surface area contributed by atoms with E-state index in [2.05, 4.69) is 0 Å². The summed E-state index contributed by atoms with van der Waals surface area (Å²) in [7, 11) is 1.64. The van der Waals surface area contributed by atoms with Crippen molar-refractivity contribution in [1.82, 2.24) is 0 Å². The highest BCUT2D eigenvalue weighted by Gasteiger charge is 2.26. The summed E-state index contributed by atoms with van der Waals surface area (Å²) in [6.07, 6.45) is 3.25. The van der Waals surface area contributed by atoms with Gasteiger partial charge < -0.3 is 14.6 Å². The highest BCUT2D eigenvalue weighted by Crippen LogP contribution is 2.31. The first kappa shape index (κ1) is 12.4. The smallest absolute Gasteiger partial charge is 0.120 e. The van der Waals surface area contributed by atoms with E-state index < -0.39 is 5.60 Å². The second kappa shape index (κ2) is 5.07. The van der Waals surface area contributed by atoms with Gasteiger partial charge in [-0.25, -0.2) is 0 Å². The molecule has 0 radical (unpaired) electrons. The molecule has 1 aromatic carbocycles. The maximum absolute atomic E-state index is 10.4. The summed E-state index contributed by atoms with van der Waals surface area (Å²) >= 11 is 0. The summed E-state index contributed by atoms with van der Waals surface area (Å²) in [5, 5.41) is 10.4. The molecule has 94 valence electrons. The van der Waals surface area contributed by atoms with E-state index in [9.17, 15) is 5.11 Å². The highest BCUT2D eigenvalue weighted by molar-refractivity contribution is 5.32. The van der Waals surface area contributed by atoms with Crippen molar-refractivity contribution in [1.29, 1.82) is 0 Å². The summed E-state index contributed by atoms with van der Waals surface area (Å²) in [5.41, 5.74) is 0.0200. The van der Waals surface area contributed by atoms with E-state index in [0.717, 1.165) is 24.2 Å². The van der Waals surface area contributed by atoms with Gasteiger partial charge in [-0.3, -0.25) is 0 Å². The number of rotatable bonds is 6. The van der Waals surface area contributed by atoms with Crippen LogP contribution in [0.3, 0.4) is 0 Å². The van der Waals surface area contributed by atoms with Crippen molar-refractivity contribution in [3.8, 4) is 5.75 Å². The van der Waals surface area contributed by atoms with Crippen molar-refractivity contribution in [3.63, 3.8) is 0 Å². The summed E-state index contributed by atoms with van der Waals surface area (Å²) in [4.78, 5) is 0. The molecule has 1 aliphatic carbocycles. The molecule has 1 unspecified atom stereocenters. The van der Waals surface area contributed by atoms with Gasteiger partial charge in [0.15, 0.2) is 0 Å². The predicted molar refractivity (Wildman–Crippen MR) is 66.2 cm³/mol. The highest BCUT2D eigenvalue weighted by atomic mass is 16.5. The second-order valence-electron chi connectivity index (χ2n) is 4.86. The summed E-state index contributed by atoms with van der Waals surface area (Å²) in [6, 6.07) is 7.71. The minimum atomic E-state index is -0.862. The molecule has 1 fully saturated rings. The van der Waals surface area contributed by atoms with Crippen LogP contribution in [0.25, 0.3) is 0 Å². The Morgan fingerprint density at radius 2 is 2.18 bits per heavy atom. The molecule has 3 nitrogen and oxygen atoms in total. The van der Waals surface area contributed by atoms with E-state index in [1.165, 1.54) is 0 Å². The van der Waals surface area contributed by atoms with Gasteiger partial charge in [0.05, 0.1) is 11.7 Å². The molecule has 0 amide bonds. The van der Waals surface area contributed by atoms with Crippen molar-refractivity contribution >= 4 is 0 Å². The van der Waals surface area contributed by atoms with Crippen LogP contribution in [0.4, 0.5) is 0 Å². The monoisotopic (exact) mass is 236 g/mol. The first-order valence-electron chi connectivity index (χ1n) is 6.10. The first-order chi connectivity index (χ1) is 8.12. The van der Waals surface area contributed by atoms with Gasteiger partial charge >= 0.3 is 0 Å². The number of ether oxygens (including phenoxy) is 2. The van der Waals surface area contributed by atoms with E-state index in [0.29, 0.717) is 19.1 Å². The minimum absolute atomic E-state index is 0.383. The van der Waals surface area contributed by atoms with Crippen LogP contribution in [0.1, 0.15) is 31.7 Å². The maximum atomic E-state index is 10.4. The maximum Gasteiger partial charge on any atom is 0.120 e. The van der Waals surface area contributed by atoms with Gasteiger partial charge in [0.25, 0.3) is 0 Å². The molecule has 0 heterocycles. The van der Waals surface area contributed by atoms with Crippen molar-refractivity contribution in [2.75, 3.05) is 13.7 Å². The Bertz CT molecular complexity index is 369. The molecule has 0 bridgehead atoms. The van der Waals surface area contributed by atoms with E-state index in [4.69, 9.17) is 9.47 Å². The van der Waals surface area contributed by atoms with E-state index >= 15 is 0 Å². The number of methoxy groups -OCH3 is 1. The van der Waals surface area contributed by atoms with Crippen molar-refractivity contribution in [2.45, 2.75) is 37.9 Å². The Kier molecular flexibility index (Phi) is 3.69. The Morgan fingerprint density at radius 1 is 1.41 bits per heavy atom. The van der Waals surface area contributed by atoms with Gasteiger partial charge in [-0.05, 0) is 37.5 Å². The summed E-state index contributed by atoms with van der Waals surface area (Å²) < 4.78 is 10.7. The van der Waals surface area contributed by atoms with Crippen LogP contribution >= 0.6 is 0 Å². The molecule has 1 atom stereocenters. The van der Waals surface area contributed by atoms with Crippen LogP contribution in [0.5, 0.6) is 5.75 Å². The molecule has 0 spiro atoms. The fourth-order valence-corrected chi connectivity index (χ4v) is 1.73. The van der Waals surface area contributed by atoms with Gasteiger partial charge in [-0.15, -0.1) is 0 Å². The topological polar surface area (TPSA) is 38.7 Å². The van der Waals surface area contributed by atoms with Crippen molar-refractivity contribution in [3.05, 3.63) is 29.8 Å². The molecule has 1 aliphatic rings. The standard InChI is InChI=1S/C14H20O3/c1-14(15,8-9-16-2)11-4-3-5-13(10-11)17-12-6-7-12/h3-5,10,12,15H,6-9H2,1-2H3. The molecule has 0 aromatic heterocycles. The molecule has 1 N–H and O–H groups in total. The molecule has 1 saturated carbocycles. The third-order valence-corrected chi connectivity index (χ3v) is 3.08. The largest absolute Gasteiger partial charge is 0.490 e. The van der Waals surface area contributed by atoms with E-state index in [1.807, 2.05) is 31.2 Å². The minimum Gasteiger partial charge on any atom is -0.490 e. The lowest BCUT2D eigenvalue weighted by atomic mass is 9.93. The number of hydrogen-bond donors (Lipinski definition) is 1. The first-order valence-corrected chi connectivity index (χ1v) is 6.10. The third-order valence-electron chi connectivity index (χ3n) is 3.08. The zero-order valence-electron chi connectivity index (χ0n) is 10.5. The Labute approximate surface area is 102 Å². The molecular weight excluding hydrogens is 216 g/mol. The SMILES string of the molecule is COCCC(C)(O)c1cccc(OC2CC2)c1. The fourth-order valence-electron chi connectivity index (χ4n) is 1.73. The molecule has 3 heteroatoms. The van der Waals surface area contributed by atoms with Gasteiger partial charge in [0, 0.05) is 20.1 Å². The Balaban J connectivity index is 2.07. The number of hydrogen-bond acceptors (Lipinski definition) is 3. The van der Waals surface area contributed by atoms with E-state index in [-0.39, 0.29) is 0 Å². The lowest BCUT2D eigenvalue weighted by Crippen LogP contribution is -2.23. The zero-order valence-corrected chi connectivity index (χ0v) is 10.5. The van der Waals surface area contributed by atoms with Crippen LogP contribution in [-0.4, -0.2) is 24.9 Å². The summed E-state index contributed by atoms with van der Waals surface area (Å²) in [6.45, 7) is 2.35. The Morgan fingerprint density at radius 3 is 2.82 bits per heavy atom. The molecule has 0 aliphatic heterocycles. The average molecular weight is 236 g/mol. The van der Waals surface area contributed by atoms with Crippen molar-refractivity contribution < 1.29 is 14.6 Å². The fraction of sp³-hybridized carbons (Fsp3) is 0.571. The van der Waals surface area contributed by atoms with Crippen LogP contribution in [-0.2, 0) is 10.3 Å². The number of aliphatic hydroxyl groups is 1. The average Bonchev–Trinajstić information content (AvgIpc) is 3.11. The summed E-state index contributed by atoms with van der Waals surface area (Å²) in [5.74, 6) is 0.850. The van der Waals surface area contributed by atoms with Gasteiger partial charge in [-0.2, -0.15) is 0 Å². The zero-order chi connectivity index (χ0) is 12.3. The number of benzene rings is 1. The molecule has 2 rings (SSSR count). The predicted octanol–water partition coefficient (Wildman–Crippen LogP) is 2.47. The normalized spacial score (nSPS) is 18.8.